The summed E-state index contributed by atoms with van der Waals surface area (Å²) >= 11 is 7.22. The van der Waals surface area contributed by atoms with Gasteiger partial charge < -0.3 is 5.11 Å². The fraction of sp³-hybridized carbons (Fsp3) is 0.667. The first kappa shape index (κ1) is 15.5. The third kappa shape index (κ3) is 2.40. The molecule has 2 aliphatic carbocycles. The van der Waals surface area contributed by atoms with Crippen LogP contribution in [0.15, 0.2) is 24.3 Å². The zero-order valence-corrected chi connectivity index (χ0v) is 14.3. The van der Waals surface area contributed by atoms with E-state index in [9.17, 15) is 9.90 Å². The van der Waals surface area contributed by atoms with Crippen molar-refractivity contribution in [2.45, 2.75) is 25.9 Å². The zero-order chi connectivity index (χ0) is 14.2. The van der Waals surface area contributed by atoms with Gasteiger partial charge in [-0.15, -0.1) is 0 Å². The molecule has 0 aromatic rings. The molecule has 5 unspecified atom stereocenters. The molecule has 1 N–H and O–H groups in total. The van der Waals surface area contributed by atoms with Crippen LogP contribution in [0, 0.1) is 23.2 Å². The number of hydrogen-bond acceptors (Lipinski definition) is 2. The number of aliphatic hydroxyl groups excluding tert-OH is 1. The van der Waals surface area contributed by atoms with Crippen LogP contribution in [-0.4, -0.2) is 27.7 Å². The summed E-state index contributed by atoms with van der Waals surface area (Å²) in [5, 5.41) is 11.9. The van der Waals surface area contributed by atoms with E-state index < -0.39 is 6.10 Å². The molecule has 4 heteroatoms. The fourth-order valence-electron chi connectivity index (χ4n) is 3.54. The highest BCUT2D eigenvalue weighted by Gasteiger charge is 2.55. The first-order valence-corrected chi connectivity index (χ1v) is 8.88. The number of ketones is 1. The second-order valence-electron chi connectivity index (χ2n) is 5.86. The van der Waals surface area contributed by atoms with Gasteiger partial charge in [0.1, 0.15) is 6.10 Å². The van der Waals surface area contributed by atoms with Crippen LogP contribution >= 0.6 is 31.9 Å². The molecule has 0 amide bonds. The predicted octanol–water partition coefficient (Wildman–Crippen LogP) is 3.48. The largest absolute Gasteiger partial charge is 0.385 e. The van der Waals surface area contributed by atoms with Gasteiger partial charge in [-0.1, -0.05) is 56.2 Å². The first-order valence-electron chi connectivity index (χ1n) is 6.63. The van der Waals surface area contributed by atoms with Crippen molar-refractivity contribution in [1.29, 1.82) is 0 Å². The zero-order valence-electron chi connectivity index (χ0n) is 11.1. The minimum Gasteiger partial charge on any atom is -0.385 e. The molecule has 0 aromatic heterocycles. The predicted molar refractivity (Wildman–Crippen MR) is 84.7 cm³/mol. The smallest absolute Gasteiger partial charge is 0.169 e. The molecule has 0 radical (unpaired) electrons. The Hall–Kier alpha value is 0.0700. The maximum absolute atomic E-state index is 12.5. The summed E-state index contributed by atoms with van der Waals surface area (Å²) in [7, 11) is 0. The number of alkyl halides is 2. The summed E-state index contributed by atoms with van der Waals surface area (Å²) in [6.45, 7) is 5.87. The highest BCUT2D eigenvalue weighted by molar-refractivity contribution is 9.09. The normalized spacial score (nSPS) is 42.0. The lowest BCUT2D eigenvalue weighted by Crippen LogP contribution is -2.55. The van der Waals surface area contributed by atoms with Crippen LogP contribution in [0.3, 0.4) is 0 Å². The average molecular weight is 392 g/mol. The lowest BCUT2D eigenvalue weighted by molar-refractivity contribution is -0.144. The van der Waals surface area contributed by atoms with Gasteiger partial charge in [0, 0.05) is 22.5 Å². The van der Waals surface area contributed by atoms with Gasteiger partial charge in [-0.3, -0.25) is 4.79 Å². The number of carbonyl (C=O) groups is 1. The Labute approximate surface area is 131 Å². The van der Waals surface area contributed by atoms with Crippen LogP contribution < -0.4 is 0 Å². The third-order valence-corrected chi connectivity index (χ3v) is 6.65. The summed E-state index contributed by atoms with van der Waals surface area (Å²) < 4.78 is 0. The van der Waals surface area contributed by atoms with Crippen LogP contribution in [-0.2, 0) is 4.79 Å². The number of allylic oxidation sites excluding steroid dienone is 2. The van der Waals surface area contributed by atoms with E-state index in [0.29, 0.717) is 5.92 Å². The topological polar surface area (TPSA) is 37.3 Å². The standard InChI is InChI=1S/C15H20Br2O2/c1-9(2)11-6-15(8-17)10(7-16)4-3-5-12(15)14(19)13(11)18/h3,5,10-13,18H,1,4,6-8H2,2H3. The second-order valence-corrected chi connectivity index (χ2v) is 7.07. The summed E-state index contributed by atoms with van der Waals surface area (Å²) in [5.41, 5.74) is 0.806. The highest BCUT2D eigenvalue weighted by Crippen LogP contribution is 2.54. The van der Waals surface area contributed by atoms with Crippen molar-refractivity contribution in [1.82, 2.24) is 0 Å². The van der Waals surface area contributed by atoms with Crippen LogP contribution in [0.5, 0.6) is 0 Å². The van der Waals surface area contributed by atoms with Gasteiger partial charge in [-0.25, -0.2) is 0 Å². The first-order chi connectivity index (χ1) is 8.97. The average Bonchev–Trinajstić information content (AvgIpc) is 2.41. The lowest BCUT2D eigenvalue weighted by Gasteiger charge is -2.52. The molecule has 2 rings (SSSR count). The van der Waals surface area contributed by atoms with E-state index in [1.807, 2.05) is 13.0 Å². The van der Waals surface area contributed by atoms with E-state index in [4.69, 9.17) is 0 Å². The second kappa shape index (κ2) is 5.82. The van der Waals surface area contributed by atoms with Gasteiger partial charge in [-0.05, 0) is 31.1 Å². The maximum Gasteiger partial charge on any atom is 0.169 e. The molecule has 5 atom stereocenters. The van der Waals surface area contributed by atoms with Crippen LogP contribution in [0.4, 0.5) is 0 Å². The molecule has 0 aliphatic heterocycles. The minimum absolute atomic E-state index is 0.0411. The molecule has 0 saturated heterocycles. The lowest BCUT2D eigenvalue weighted by atomic mass is 9.54. The number of Topliss-reactive ketones (excluding diaryl/α,β-unsaturated/α-hetero) is 1. The number of carbonyl (C=O) groups excluding carboxylic acids is 1. The fourth-order valence-corrected chi connectivity index (χ4v) is 5.49. The molecule has 106 valence electrons. The highest BCUT2D eigenvalue weighted by atomic mass is 79.9. The molecular weight excluding hydrogens is 372 g/mol. The molecular formula is C15H20Br2O2. The van der Waals surface area contributed by atoms with Gasteiger partial charge in [0.25, 0.3) is 0 Å². The Morgan fingerprint density at radius 1 is 1.58 bits per heavy atom. The number of aliphatic hydroxyl groups is 1. The number of fused-ring (bicyclic) bond motifs is 1. The van der Waals surface area contributed by atoms with Crippen molar-refractivity contribution >= 4 is 37.6 Å². The summed E-state index contributed by atoms with van der Waals surface area (Å²) in [5.74, 6) is 0.0869. The Bertz CT molecular complexity index is 418. The van der Waals surface area contributed by atoms with E-state index in [2.05, 4.69) is 44.5 Å². The molecule has 2 aliphatic rings. The van der Waals surface area contributed by atoms with Gasteiger partial charge in [0.05, 0.1) is 0 Å². The number of rotatable bonds is 3. The maximum atomic E-state index is 12.5. The van der Waals surface area contributed by atoms with Gasteiger partial charge in [-0.2, -0.15) is 0 Å². The van der Waals surface area contributed by atoms with Crippen molar-refractivity contribution in [2.75, 3.05) is 10.7 Å². The van der Waals surface area contributed by atoms with Gasteiger partial charge in [0.2, 0.25) is 0 Å². The quantitative estimate of drug-likeness (QED) is 0.590. The minimum atomic E-state index is -0.895. The van der Waals surface area contributed by atoms with Crippen molar-refractivity contribution in [2.24, 2.45) is 23.2 Å². The third-order valence-electron chi connectivity index (χ3n) is 4.83. The monoisotopic (exact) mass is 390 g/mol. The van der Waals surface area contributed by atoms with Gasteiger partial charge in [0.15, 0.2) is 5.78 Å². The van der Waals surface area contributed by atoms with E-state index in [-0.39, 0.29) is 23.0 Å². The molecule has 0 heterocycles. The van der Waals surface area contributed by atoms with Crippen molar-refractivity contribution < 1.29 is 9.90 Å². The van der Waals surface area contributed by atoms with Crippen LogP contribution in [0.1, 0.15) is 19.8 Å². The Balaban J connectivity index is 2.45. The molecule has 2 nitrogen and oxygen atoms in total. The number of halogens is 2. The van der Waals surface area contributed by atoms with Crippen LogP contribution in [0.25, 0.3) is 0 Å². The molecule has 1 fully saturated rings. The molecule has 0 spiro atoms. The number of hydrogen-bond donors (Lipinski definition) is 1. The SMILES string of the molecule is C=C(C)C1CC2(CBr)C(CBr)CC=CC2C(=O)C1O. The molecule has 1 saturated carbocycles. The van der Waals surface area contributed by atoms with E-state index in [1.165, 1.54) is 0 Å². The molecule has 0 aromatic carbocycles. The summed E-state index contributed by atoms with van der Waals surface area (Å²) in [6, 6.07) is 0. The molecule has 19 heavy (non-hydrogen) atoms. The van der Waals surface area contributed by atoms with Crippen LogP contribution in [0.2, 0.25) is 0 Å². The Morgan fingerprint density at radius 3 is 2.79 bits per heavy atom. The Kier molecular flexibility index (Phi) is 4.74. The Morgan fingerprint density at radius 2 is 2.26 bits per heavy atom. The van der Waals surface area contributed by atoms with Crippen molar-refractivity contribution in [3.63, 3.8) is 0 Å². The van der Waals surface area contributed by atoms with E-state index in [0.717, 1.165) is 29.1 Å². The van der Waals surface area contributed by atoms with Gasteiger partial charge >= 0.3 is 0 Å². The van der Waals surface area contributed by atoms with E-state index in [1.54, 1.807) is 0 Å². The summed E-state index contributed by atoms with van der Waals surface area (Å²) in [6.07, 6.45) is 5.00. The summed E-state index contributed by atoms with van der Waals surface area (Å²) in [4.78, 5) is 12.5. The van der Waals surface area contributed by atoms with Crippen molar-refractivity contribution in [3.05, 3.63) is 24.3 Å². The molecule has 0 bridgehead atoms. The van der Waals surface area contributed by atoms with Crippen molar-refractivity contribution in [3.8, 4) is 0 Å². The van der Waals surface area contributed by atoms with E-state index >= 15 is 0 Å².